The molecular formula is C18H19BrN2O. The van der Waals surface area contributed by atoms with Crippen LogP contribution in [0.2, 0.25) is 0 Å². The average molecular weight is 359 g/mol. The van der Waals surface area contributed by atoms with Gasteiger partial charge in [0.15, 0.2) is 0 Å². The van der Waals surface area contributed by atoms with Gasteiger partial charge in [0.05, 0.1) is 5.54 Å². The SMILES string of the molecule is C=CC[C@@](C)(NNC(=O)c1ccccc1)c1ccc(Br)cc1. The van der Waals surface area contributed by atoms with Gasteiger partial charge in [0.2, 0.25) is 0 Å². The van der Waals surface area contributed by atoms with Crippen LogP contribution in [0.3, 0.4) is 0 Å². The summed E-state index contributed by atoms with van der Waals surface area (Å²) in [6.45, 7) is 5.84. The lowest BCUT2D eigenvalue weighted by Crippen LogP contribution is -2.50. The fourth-order valence-electron chi connectivity index (χ4n) is 2.20. The zero-order chi connectivity index (χ0) is 16.0. The van der Waals surface area contributed by atoms with Crippen molar-refractivity contribution in [1.82, 2.24) is 10.9 Å². The highest BCUT2D eigenvalue weighted by atomic mass is 79.9. The van der Waals surface area contributed by atoms with Crippen molar-refractivity contribution in [3.8, 4) is 0 Å². The molecule has 0 fully saturated rings. The molecule has 4 heteroatoms. The Hall–Kier alpha value is -1.91. The first kappa shape index (κ1) is 16.5. The van der Waals surface area contributed by atoms with Crippen LogP contribution in [-0.4, -0.2) is 5.91 Å². The van der Waals surface area contributed by atoms with Crippen LogP contribution in [0.1, 0.15) is 29.3 Å². The third-order valence-corrected chi connectivity index (χ3v) is 4.05. The molecule has 2 aromatic rings. The van der Waals surface area contributed by atoms with E-state index in [1.165, 1.54) is 0 Å². The minimum atomic E-state index is -0.424. The number of hydrazine groups is 1. The summed E-state index contributed by atoms with van der Waals surface area (Å²) in [5, 5.41) is 0. The van der Waals surface area contributed by atoms with Crippen LogP contribution in [0.25, 0.3) is 0 Å². The number of rotatable bonds is 6. The Kier molecular flexibility index (Phi) is 5.52. The normalized spacial score (nSPS) is 13.2. The maximum absolute atomic E-state index is 12.2. The van der Waals surface area contributed by atoms with E-state index in [-0.39, 0.29) is 5.91 Å². The second-order valence-corrected chi connectivity index (χ2v) is 6.19. The quantitative estimate of drug-likeness (QED) is 0.600. The number of benzene rings is 2. The first-order valence-electron chi connectivity index (χ1n) is 7.05. The van der Waals surface area contributed by atoms with Gasteiger partial charge in [-0.3, -0.25) is 10.2 Å². The van der Waals surface area contributed by atoms with Gasteiger partial charge in [-0.1, -0.05) is 52.3 Å². The van der Waals surface area contributed by atoms with E-state index in [2.05, 4.69) is 33.4 Å². The van der Waals surface area contributed by atoms with Crippen LogP contribution in [0.15, 0.2) is 71.7 Å². The molecule has 0 aliphatic carbocycles. The summed E-state index contributed by atoms with van der Waals surface area (Å²) in [4.78, 5) is 12.2. The summed E-state index contributed by atoms with van der Waals surface area (Å²) >= 11 is 3.43. The molecule has 2 rings (SSSR count). The first-order valence-corrected chi connectivity index (χ1v) is 7.84. The van der Waals surface area contributed by atoms with Crippen LogP contribution in [-0.2, 0) is 5.54 Å². The molecule has 1 atom stereocenters. The molecule has 2 N–H and O–H groups in total. The Morgan fingerprint density at radius 3 is 2.41 bits per heavy atom. The maximum atomic E-state index is 12.2. The summed E-state index contributed by atoms with van der Waals surface area (Å²) in [6.07, 6.45) is 2.52. The van der Waals surface area contributed by atoms with E-state index < -0.39 is 5.54 Å². The van der Waals surface area contributed by atoms with Gasteiger partial charge in [-0.2, -0.15) is 0 Å². The van der Waals surface area contributed by atoms with E-state index in [1.54, 1.807) is 12.1 Å². The predicted octanol–water partition coefficient (Wildman–Crippen LogP) is 4.18. The largest absolute Gasteiger partial charge is 0.287 e. The molecule has 0 spiro atoms. The molecule has 114 valence electrons. The molecule has 0 aromatic heterocycles. The number of amides is 1. The Morgan fingerprint density at radius 1 is 1.18 bits per heavy atom. The summed E-state index contributed by atoms with van der Waals surface area (Å²) in [7, 11) is 0. The van der Waals surface area contributed by atoms with E-state index in [4.69, 9.17) is 0 Å². The summed E-state index contributed by atoms with van der Waals surface area (Å²) in [6, 6.07) is 17.1. The van der Waals surface area contributed by atoms with E-state index in [0.29, 0.717) is 12.0 Å². The predicted molar refractivity (Wildman–Crippen MR) is 93.4 cm³/mol. The molecule has 0 bridgehead atoms. The van der Waals surface area contributed by atoms with Gasteiger partial charge in [-0.25, -0.2) is 5.43 Å². The minimum absolute atomic E-state index is 0.159. The van der Waals surface area contributed by atoms with Crippen molar-refractivity contribution in [2.24, 2.45) is 0 Å². The topological polar surface area (TPSA) is 41.1 Å². The molecule has 1 amide bonds. The van der Waals surface area contributed by atoms with Crippen LogP contribution < -0.4 is 10.9 Å². The molecule has 0 radical (unpaired) electrons. The van der Waals surface area contributed by atoms with Crippen LogP contribution in [0.4, 0.5) is 0 Å². The lowest BCUT2D eigenvalue weighted by molar-refractivity contribution is 0.0907. The highest BCUT2D eigenvalue weighted by Crippen LogP contribution is 2.26. The van der Waals surface area contributed by atoms with E-state index in [9.17, 15) is 4.79 Å². The van der Waals surface area contributed by atoms with Crippen molar-refractivity contribution in [1.29, 1.82) is 0 Å². The first-order chi connectivity index (χ1) is 10.5. The molecule has 2 aromatic carbocycles. The second kappa shape index (κ2) is 7.38. The Bertz CT molecular complexity index is 640. The summed E-state index contributed by atoms with van der Waals surface area (Å²) < 4.78 is 1.02. The molecule has 0 unspecified atom stereocenters. The third-order valence-electron chi connectivity index (χ3n) is 3.52. The Labute approximate surface area is 139 Å². The van der Waals surface area contributed by atoms with Crippen molar-refractivity contribution in [3.05, 3.63) is 82.9 Å². The van der Waals surface area contributed by atoms with E-state index in [0.717, 1.165) is 10.0 Å². The number of halogens is 1. The maximum Gasteiger partial charge on any atom is 0.265 e. The number of carbonyl (C=O) groups excluding carboxylic acids is 1. The van der Waals surface area contributed by atoms with E-state index >= 15 is 0 Å². The summed E-state index contributed by atoms with van der Waals surface area (Å²) in [5.41, 5.74) is 7.20. The fraction of sp³-hybridized carbons (Fsp3) is 0.167. The zero-order valence-corrected chi connectivity index (χ0v) is 14.1. The lowest BCUT2D eigenvalue weighted by atomic mass is 9.89. The third kappa shape index (κ3) is 4.06. The molecule has 0 heterocycles. The monoisotopic (exact) mass is 358 g/mol. The van der Waals surface area contributed by atoms with Crippen molar-refractivity contribution >= 4 is 21.8 Å². The van der Waals surface area contributed by atoms with Gasteiger partial charge >= 0.3 is 0 Å². The highest BCUT2D eigenvalue weighted by Gasteiger charge is 2.25. The van der Waals surface area contributed by atoms with Gasteiger partial charge in [0, 0.05) is 10.0 Å². The van der Waals surface area contributed by atoms with Gasteiger partial charge in [0.25, 0.3) is 5.91 Å². The molecule has 0 saturated heterocycles. The second-order valence-electron chi connectivity index (χ2n) is 5.28. The minimum Gasteiger partial charge on any atom is -0.287 e. The average Bonchev–Trinajstić information content (AvgIpc) is 2.54. The number of hydrogen-bond donors (Lipinski definition) is 2. The molecule has 0 aliphatic heterocycles. The molecule has 3 nitrogen and oxygen atoms in total. The highest BCUT2D eigenvalue weighted by molar-refractivity contribution is 9.10. The van der Waals surface area contributed by atoms with Crippen LogP contribution in [0.5, 0.6) is 0 Å². The van der Waals surface area contributed by atoms with Crippen molar-refractivity contribution in [3.63, 3.8) is 0 Å². The van der Waals surface area contributed by atoms with Crippen LogP contribution in [0, 0.1) is 0 Å². The number of hydrogen-bond acceptors (Lipinski definition) is 2. The van der Waals surface area contributed by atoms with Gasteiger partial charge in [-0.05, 0) is 43.2 Å². The molecule has 22 heavy (non-hydrogen) atoms. The fourth-order valence-corrected chi connectivity index (χ4v) is 2.47. The Balaban J connectivity index is 2.13. The van der Waals surface area contributed by atoms with Gasteiger partial charge in [0.1, 0.15) is 0 Å². The van der Waals surface area contributed by atoms with Gasteiger partial charge < -0.3 is 0 Å². The number of nitrogens with one attached hydrogen (secondary N) is 2. The van der Waals surface area contributed by atoms with Crippen molar-refractivity contribution in [2.45, 2.75) is 18.9 Å². The standard InChI is InChI=1S/C18H19BrN2O/c1-3-13-18(2,15-9-11-16(19)12-10-15)21-20-17(22)14-7-5-4-6-8-14/h3-12,21H,1,13H2,2H3,(H,20,22)/t18-/m1/s1. The van der Waals surface area contributed by atoms with Gasteiger partial charge in [-0.15, -0.1) is 6.58 Å². The van der Waals surface area contributed by atoms with Crippen molar-refractivity contribution in [2.75, 3.05) is 0 Å². The molecule has 0 aliphatic rings. The lowest BCUT2D eigenvalue weighted by Gasteiger charge is -2.30. The zero-order valence-electron chi connectivity index (χ0n) is 12.5. The smallest absolute Gasteiger partial charge is 0.265 e. The van der Waals surface area contributed by atoms with E-state index in [1.807, 2.05) is 55.5 Å². The molecular weight excluding hydrogens is 340 g/mol. The Morgan fingerprint density at radius 2 is 1.82 bits per heavy atom. The van der Waals surface area contributed by atoms with Crippen LogP contribution >= 0.6 is 15.9 Å². The van der Waals surface area contributed by atoms with Crippen molar-refractivity contribution < 1.29 is 4.79 Å². The summed E-state index contributed by atoms with van der Waals surface area (Å²) in [5.74, 6) is -0.159. The number of carbonyl (C=O) groups is 1. The molecule has 0 saturated carbocycles.